The second-order valence-electron chi connectivity index (χ2n) is 4.77. The minimum Gasteiger partial charge on any atom is -0.481 e. The number of nitrogens with one attached hydrogen (secondary N) is 1. The summed E-state index contributed by atoms with van der Waals surface area (Å²) in [5, 5.41) is 16.8. The number of aliphatic carboxylic acids is 1. The fourth-order valence-electron chi connectivity index (χ4n) is 2.23. The summed E-state index contributed by atoms with van der Waals surface area (Å²) < 4.78 is 0. The Bertz CT molecular complexity index is 775. The molecule has 20 heavy (non-hydrogen) atoms. The van der Waals surface area contributed by atoms with Crippen molar-refractivity contribution in [1.29, 1.82) is 0 Å². The van der Waals surface area contributed by atoms with Crippen LogP contribution in [0.2, 0.25) is 0 Å². The molecule has 3 rings (SSSR count). The van der Waals surface area contributed by atoms with Crippen molar-refractivity contribution in [2.45, 2.75) is 13.3 Å². The van der Waals surface area contributed by atoms with Crippen molar-refractivity contribution in [3.63, 3.8) is 0 Å². The van der Waals surface area contributed by atoms with E-state index in [1.807, 2.05) is 31.2 Å². The Morgan fingerprint density at radius 3 is 2.85 bits per heavy atom. The van der Waals surface area contributed by atoms with E-state index in [-0.39, 0.29) is 6.42 Å². The molecular formula is C15H13N3O2. The summed E-state index contributed by atoms with van der Waals surface area (Å²) >= 11 is 0. The van der Waals surface area contributed by atoms with Crippen LogP contribution in [-0.4, -0.2) is 26.3 Å². The van der Waals surface area contributed by atoms with Crippen molar-refractivity contribution >= 4 is 16.9 Å². The molecule has 0 aliphatic carbocycles. The van der Waals surface area contributed by atoms with Crippen molar-refractivity contribution in [2.24, 2.45) is 0 Å². The molecule has 0 bridgehead atoms. The second-order valence-corrected chi connectivity index (χ2v) is 4.77. The molecule has 0 saturated carbocycles. The summed E-state index contributed by atoms with van der Waals surface area (Å²) in [6, 6.07) is 7.59. The van der Waals surface area contributed by atoms with Gasteiger partial charge in [0.25, 0.3) is 0 Å². The van der Waals surface area contributed by atoms with Crippen LogP contribution >= 0.6 is 0 Å². The van der Waals surface area contributed by atoms with Gasteiger partial charge >= 0.3 is 5.97 Å². The quantitative estimate of drug-likeness (QED) is 0.764. The van der Waals surface area contributed by atoms with E-state index < -0.39 is 5.97 Å². The van der Waals surface area contributed by atoms with E-state index in [0.717, 1.165) is 33.3 Å². The molecular weight excluding hydrogens is 254 g/mol. The molecule has 0 aliphatic heterocycles. The number of fused-ring (bicyclic) bond motifs is 1. The van der Waals surface area contributed by atoms with Gasteiger partial charge < -0.3 is 5.11 Å². The number of rotatable bonds is 3. The predicted molar refractivity (Wildman–Crippen MR) is 75.4 cm³/mol. The fourth-order valence-corrected chi connectivity index (χ4v) is 2.23. The molecule has 100 valence electrons. The molecule has 0 atom stereocenters. The Balaban J connectivity index is 2.19. The summed E-state index contributed by atoms with van der Waals surface area (Å²) in [6.45, 7) is 1.98. The zero-order valence-corrected chi connectivity index (χ0v) is 10.9. The molecule has 5 nitrogen and oxygen atoms in total. The van der Waals surface area contributed by atoms with Crippen LogP contribution in [0.5, 0.6) is 0 Å². The lowest BCUT2D eigenvalue weighted by Crippen LogP contribution is -2.00. The molecule has 3 aromatic rings. The predicted octanol–water partition coefficient (Wildman–Crippen LogP) is 2.56. The standard InChI is InChI=1S/C15H13N3O2/c1-9-2-3-13(16-7-9)11-4-10(6-15(19)20)5-14-12(11)8-17-18-14/h2-5,7-8H,6H2,1H3,(H,17,18)(H,19,20). The molecule has 2 heterocycles. The maximum absolute atomic E-state index is 10.9. The van der Waals surface area contributed by atoms with Gasteiger partial charge in [0.15, 0.2) is 0 Å². The Labute approximate surface area is 115 Å². The Kier molecular flexibility index (Phi) is 2.95. The van der Waals surface area contributed by atoms with Gasteiger partial charge in [0, 0.05) is 17.1 Å². The number of aryl methyl sites for hydroxylation is 1. The lowest BCUT2D eigenvalue weighted by Gasteiger charge is -2.06. The van der Waals surface area contributed by atoms with Crippen LogP contribution in [0.15, 0.2) is 36.7 Å². The first kappa shape index (κ1) is 12.3. The van der Waals surface area contributed by atoms with E-state index in [2.05, 4.69) is 15.2 Å². The summed E-state index contributed by atoms with van der Waals surface area (Å²) in [5.74, 6) is -0.855. The first-order valence-electron chi connectivity index (χ1n) is 6.24. The number of pyridine rings is 1. The van der Waals surface area contributed by atoms with Crippen molar-refractivity contribution in [3.8, 4) is 11.3 Å². The summed E-state index contributed by atoms with van der Waals surface area (Å²) in [6.07, 6.45) is 3.51. The van der Waals surface area contributed by atoms with Gasteiger partial charge in [-0.15, -0.1) is 0 Å². The Morgan fingerprint density at radius 1 is 1.30 bits per heavy atom. The highest BCUT2D eigenvalue weighted by Gasteiger charge is 2.11. The third kappa shape index (κ3) is 2.25. The molecule has 0 aliphatic rings. The van der Waals surface area contributed by atoms with E-state index in [4.69, 9.17) is 5.11 Å². The third-order valence-corrected chi connectivity index (χ3v) is 3.16. The Morgan fingerprint density at radius 2 is 2.15 bits per heavy atom. The number of carboxylic acids is 1. The van der Waals surface area contributed by atoms with Gasteiger partial charge in [-0.3, -0.25) is 14.9 Å². The van der Waals surface area contributed by atoms with Gasteiger partial charge in [-0.2, -0.15) is 5.10 Å². The number of hydrogen-bond donors (Lipinski definition) is 2. The lowest BCUT2D eigenvalue weighted by molar-refractivity contribution is -0.136. The Hall–Kier alpha value is -2.69. The first-order valence-corrected chi connectivity index (χ1v) is 6.24. The number of H-pyrrole nitrogens is 1. The van der Waals surface area contributed by atoms with E-state index in [9.17, 15) is 4.79 Å². The highest BCUT2D eigenvalue weighted by molar-refractivity contribution is 5.94. The van der Waals surface area contributed by atoms with E-state index >= 15 is 0 Å². The average Bonchev–Trinajstić information content (AvgIpc) is 2.86. The molecule has 2 N–H and O–H groups in total. The smallest absolute Gasteiger partial charge is 0.307 e. The van der Waals surface area contributed by atoms with Crippen molar-refractivity contribution in [2.75, 3.05) is 0 Å². The molecule has 5 heteroatoms. The average molecular weight is 267 g/mol. The van der Waals surface area contributed by atoms with Crippen LogP contribution < -0.4 is 0 Å². The topological polar surface area (TPSA) is 78.9 Å². The van der Waals surface area contributed by atoms with Crippen LogP contribution in [0.25, 0.3) is 22.2 Å². The van der Waals surface area contributed by atoms with Crippen LogP contribution in [0, 0.1) is 6.92 Å². The highest BCUT2D eigenvalue weighted by atomic mass is 16.4. The summed E-state index contributed by atoms with van der Waals surface area (Å²) in [4.78, 5) is 15.3. The maximum Gasteiger partial charge on any atom is 0.307 e. The maximum atomic E-state index is 10.9. The van der Waals surface area contributed by atoms with Crippen molar-refractivity contribution < 1.29 is 9.90 Å². The number of hydrogen-bond acceptors (Lipinski definition) is 3. The van der Waals surface area contributed by atoms with Gasteiger partial charge in [0.2, 0.25) is 0 Å². The van der Waals surface area contributed by atoms with Crippen LogP contribution in [0.4, 0.5) is 0 Å². The number of carboxylic acid groups (broad SMARTS) is 1. The number of aromatic amines is 1. The van der Waals surface area contributed by atoms with Crippen LogP contribution in [-0.2, 0) is 11.2 Å². The second kappa shape index (κ2) is 4.77. The van der Waals surface area contributed by atoms with Crippen molar-refractivity contribution in [3.05, 3.63) is 47.8 Å². The number of nitrogens with zero attached hydrogens (tertiary/aromatic N) is 2. The van der Waals surface area contributed by atoms with E-state index in [1.54, 1.807) is 12.4 Å². The minimum absolute atomic E-state index is 0.0200. The SMILES string of the molecule is Cc1ccc(-c2cc(CC(=O)O)cc3[nH]ncc23)nc1. The van der Waals surface area contributed by atoms with Gasteiger partial charge in [-0.05, 0) is 36.2 Å². The zero-order valence-electron chi connectivity index (χ0n) is 10.9. The van der Waals surface area contributed by atoms with Crippen LogP contribution in [0.3, 0.4) is 0 Å². The first-order chi connectivity index (χ1) is 9.63. The largest absolute Gasteiger partial charge is 0.481 e. The van der Waals surface area contributed by atoms with E-state index in [0.29, 0.717) is 0 Å². The zero-order chi connectivity index (χ0) is 14.1. The van der Waals surface area contributed by atoms with Gasteiger partial charge in [0.05, 0.1) is 23.8 Å². The molecule has 0 radical (unpaired) electrons. The highest BCUT2D eigenvalue weighted by Crippen LogP contribution is 2.28. The third-order valence-electron chi connectivity index (χ3n) is 3.16. The van der Waals surface area contributed by atoms with Crippen molar-refractivity contribution in [1.82, 2.24) is 15.2 Å². The number of benzene rings is 1. The normalized spacial score (nSPS) is 10.8. The van der Waals surface area contributed by atoms with Crippen LogP contribution in [0.1, 0.15) is 11.1 Å². The molecule has 0 spiro atoms. The minimum atomic E-state index is -0.855. The van der Waals surface area contributed by atoms with Gasteiger partial charge in [0.1, 0.15) is 0 Å². The molecule has 1 aromatic carbocycles. The summed E-state index contributed by atoms with van der Waals surface area (Å²) in [5.41, 5.74) is 4.34. The fraction of sp³-hybridized carbons (Fsp3) is 0.133. The molecule has 0 saturated heterocycles. The van der Waals surface area contributed by atoms with E-state index in [1.165, 1.54) is 0 Å². The van der Waals surface area contributed by atoms with Gasteiger partial charge in [-0.1, -0.05) is 6.07 Å². The molecule has 0 amide bonds. The lowest BCUT2D eigenvalue weighted by atomic mass is 10.0. The molecule has 0 fully saturated rings. The molecule has 0 unspecified atom stereocenters. The number of carbonyl (C=O) groups is 1. The monoisotopic (exact) mass is 267 g/mol. The van der Waals surface area contributed by atoms with Gasteiger partial charge in [-0.25, -0.2) is 0 Å². The summed E-state index contributed by atoms with van der Waals surface area (Å²) in [7, 11) is 0. The number of aromatic nitrogens is 3. The molecule has 2 aromatic heterocycles.